The summed E-state index contributed by atoms with van der Waals surface area (Å²) in [4.78, 5) is 13.9. The van der Waals surface area contributed by atoms with Crippen LogP contribution in [0.5, 0.6) is 0 Å². The summed E-state index contributed by atoms with van der Waals surface area (Å²) in [5, 5.41) is 7.86. The van der Waals surface area contributed by atoms with E-state index in [-0.39, 0.29) is 0 Å². The molecule has 0 saturated carbocycles. The number of piperazine rings is 1. The van der Waals surface area contributed by atoms with E-state index in [1.54, 1.807) is 12.4 Å². The van der Waals surface area contributed by atoms with Crippen molar-refractivity contribution in [1.29, 1.82) is 0 Å². The van der Waals surface area contributed by atoms with Crippen LogP contribution in [0.15, 0.2) is 43.0 Å². The largest absolute Gasteiger partial charge is 0.354 e. The van der Waals surface area contributed by atoms with Gasteiger partial charge in [0.1, 0.15) is 17.5 Å². The quantitative estimate of drug-likeness (QED) is 0.691. The van der Waals surface area contributed by atoms with Gasteiger partial charge in [0, 0.05) is 51.3 Å². The molecule has 8 heteroatoms. The van der Waals surface area contributed by atoms with E-state index in [1.807, 2.05) is 34.6 Å². The van der Waals surface area contributed by atoms with Crippen molar-refractivity contribution in [1.82, 2.24) is 34.4 Å². The summed E-state index contributed by atoms with van der Waals surface area (Å²) in [6, 6.07) is 6.17. The van der Waals surface area contributed by atoms with Gasteiger partial charge in [0.15, 0.2) is 0 Å². The van der Waals surface area contributed by atoms with Crippen LogP contribution in [0.1, 0.15) is 5.82 Å². The normalized spacial score (nSPS) is 15.6. The molecule has 1 aliphatic heterocycles. The van der Waals surface area contributed by atoms with Gasteiger partial charge < -0.3 is 4.90 Å². The molecule has 1 fully saturated rings. The van der Waals surface area contributed by atoms with Gasteiger partial charge in [0.05, 0.1) is 12.7 Å². The summed E-state index contributed by atoms with van der Waals surface area (Å²) in [5.41, 5.74) is 0. The Morgan fingerprint density at radius 2 is 1.80 bits per heavy atom. The molecule has 3 aromatic heterocycles. The topological polar surface area (TPSA) is 67.9 Å². The van der Waals surface area contributed by atoms with Gasteiger partial charge in [-0.1, -0.05) is 11.3 Å². The van der Waals surface area contributed by atoms with Crippen molar-refractivity contribution in [3.05, 3.63) is 48.8 Å². The van der Waals surface area contributed by atoms with Crippen LogP contribution in [-0.4, -0.2) is 67.2 Å². The van der Waals surface area contributed by atoms with E-state index in [9.17, 15) is 0 Å². The molecule has 0 aliphatic carbocycles. The minimum absolute atomic E-state index is 0.883. The number of hydrogen-bond acceptors (Lipinski definition) is 6. The molecule has 0 amide bonds. The molecular weight excluding hydrogens is 316 g/mol. The predicted molar refractivity (Wildman–Crippen MR) is 94.8 cm³/mol. The summed E-state index contributed by atoms with van der Waals surface area (Å²) in [5.74, 6) is 2.89. The minimum Gasteiger partial charge on any atom is -0.354 e. The summed E-state index contributed by atoms with van der Waals surface area (Å²) in [6.07, 6.45) is 7.38. The van der Waals surface area contributed by atoms with E-state index in [0.29, 0.717) is 0 Å². The van der Waals surface area contributed by atoms with Crippen molar-refractivity contribution in [2.24, 2.45) is 0 Å². The van der Waals surface area contributed by atoms with Gasteiger partial charge in [-0.05, 0) is 19.1 Å². The lowest BCUT2D eigenvalue weighted by Crippen LogP contribution is -2.47. The van der Waals surface area contributed by atoms with E-state index in [4.69, 9.17) is 4.98 Å². The summed E-state index contributed by atoms with van der Waals surface area (Å²) >= 11 is 0. The third kappa shape index (κ3) is 3.53. The van der Waals surface area contributed by atoms with Crippen LogP contribution in [-0.2, 0) is 6.54 Å². The van der Waals surface area contributed by atoms with Crippen LogP contribution in [0.2, 0.25) is 0 Å². The number of imidazole rings is 1. The van der Waals surface area contributed by atoms with E-state index in [2.05, 4.69) is 37.2 Å². The van der Waals surface area contributed by atoms with Crippen molar-refractivity contribution in [3.63, 3.8) is 0 Å². The average molecular weight is 338 g/mol. The van der Waals surface area contributed by atoms with Crippen LogP contribution in [0.25, 0.3) is 5.82 Å². The van der Waals surface area contributed by atoms with E-state index < -0.39 is 0 Å². The van der Waals surface area contributed by atoms with Gasteiger partial charge in [-0.3, -0.25) is 14.1 Å². The Labute approximate surface area is 146 Å². The lowest BCUT2D eigenvalue weighted by molar-refractivity contribution is 0.243. The standard InChI is InChI=1S/C17H22N8/c1-15-18-5-8-25(15)17-4-2-3-16(20-17)23-12-9-22(10-13-23)11-14-24-7-6-19-21-24/h2-8H,9-14H2,1H3. The van der Waals surface area contributed by atoms with E-state index in [0.717, 1.165) is 56.7 Å². The SMILES string of the molecule is Cc1nccn1-c1cccc(N2CCN(CCn3ccnn3)CC2)n1. The minimum atomic E-state index is 0.883. The molecule has 0 radical (unpaired) electrons. The molecule has 0 bridgehead atoms. The number of nitrogens with zero attached hydrogens (tertiary/aromatic N) is 8. The van der Waals surface area contributed by atoms with Gasteiger partial charge >= 0.3 is 0 Å². The van der Waals surface area contributed by atoms with Gasteiger partial charge in [0.2, 0.25) is 0 Å². The Hall–Kier alpha value is -2.74. The second kappa shape index (κ2) is 7.02. The highest BCUT2D eigenvalue weighted by Crippen LogP contribution is 2.17. The molecule has 0 unspecified atom stereocenters. The fraction of sp³-hybridized carbons (Fsp3) is 0.412. The molecule has 4 heterocycles. The number of rotatable bonds is 5. The van der Waals surface area contributed by atoms with Gasteiger partial charge in [-0.15, -0.1) is 5.10 Å². The number of aryl methyl sites for hydroxylation is 1. The molecule has 0 spiro atoms. The Balaban J connectivity index is 1.37. The molecule has 1 saturated heterocycles. The third-order valence-corrected chi connectivity index (χ3v) is 4.61. The summed E-state index contributed by atoms with van der Waals surface area (Å²) in [7, 11) is 0. The second-order valence-corrected chi connectivity index (χ2v) is 6.19. The fourth-order valence-corrected chi connectivity index (χ4v) is 3.14. The van der Waals surface area contributed by atoms with Crippen LogP contribution < -0.4 is 4.90 Å². The predicted octanol–water partition coefficient (Wildman–Crippen LogP) is 0.989. The first-order valence-electron chi connectivity index (χ1n) is 8.58. The fourth-order valence-electron chi connectivity index (χ4n) is 3.14. The van der Waals surface area contributed by atoms with E-state index in [1.165, 1.54) is 0 Å². The second-order valence-electron chi connectivity index (χ2n) is 6.19. The first kappa shape index (κ1) is 15.8. The smallest absolute Gasteiger partial charge is 0.140 e. The monoisotopic (exact) mass is 338 g/mol. The Bertz CT molecular complexity index is 802. The first-order valence-corrected chi connectivity index (χ1v) is 8.58. The summed E-state index contributed by atoms with van der Waals surface area (Å²) in [6.45, 7) is 7.90. The average Bonchev–Trinajstić information content (AvgIpc) is 3.32. The van der Waals surface area contributed by atoms with Crippen molar-refractivity contribution in [2.75, 3.05) is 37.6 Å². The molecule has 0 aromatic carbocycles. The number of hydrogen-bond donors (Lipinski definition) is 0. The molecule has 1 aliphatic rings. The van der Waals surface area contributed by atoms with Gasteiger partial charge in [-0.25, -0.2) is 9.97 Å². The third-order valence-electron chi connectivity index (χ3n) is 4.61. The number of pyridine rings is 1. The maximum Gasteiger partial charge on any atom is 0.140 e. The molecule has 25 heavy (non-hydrogen) atoms. The molecule has 3 aromatic rings. The van der Waals surface area contributed by atoms with Gasteiger partial charge in [0.25, 0.3) is 0 Å². The molecule has 130 valence electrons. The highest BCUT2D eigenvalue weighted by Gasteiger charge is 2.18. The highest BCUT2D eigenvalue weighted by molar-refractivity contribution is 5.43. The lowest BCUT2D eigenvalue weighted by atomic mass is 10.3. The van der Waals surface area contributed by atoms with E-state index >= 15 is 0 Å². The van der Waals surface area contributed by atoms with Crippen LogP contribution in [0.3, 0.4) is 0 Å². The zero-order chi connectivity index (χ0) is 17.1. The first-order chi connectivity index (χ1) is 12.3. The molecule has 8 nitrogen and oxygen atoms in total. The van der Waals surface area contributed by atoms with Crippen LogP contribution in [0, 0.1) is 6.92 Å². The molecular formula is C17H22N8. The van der Waals surface area contributed by atoms with Crippen molar-refractivity contribution >= 4 is 5.82 Å². The Morgan fingerprint density at radius 3 is 2.52 bits per heavy atom. The van der Waals surface area contributed by atoms with Crippen molar-refractivity contribution < 1.29 is 0 Å². The molecule has 0 atom stereocenters. The van der Waals surface area contributed by atoms with Gasteiger partial charge in [-0.2, -0.15) is 0 Å². The Morgan fingerprint density at radius 1 is 0.960 bits per heavy atom. The molecule has 0 N–H and O–H groups in total. The van der Waals surface area contributed by atoms with Crippen molar-refractivity contribution in [2.45, 2.75) is 13.5 Å². The summed E-state index contributed by atoms with van der Waals surface area (Å²) < 4.78 is 3.89. The maximum atomic E-state index is 4.82. The Kier molecular flexibility index (Phi) is 4.43. The molecule has 4 rings (SSSR count). The number of aromatic nitrogens is 6. The highest BCUT2D eigenvalue weighted by atomic mass is 15.4. The van der Waals surface area contributed by atoms with Crippen LogP contribution in [0.4, 0.5) is 5.82 Å². The lowest BCUT2D eigenvalue weighted by Gasteiger charge is -2.35. The zero-order valence-corrected chi connectivity index (χ0v) is 14.4. The zero-order valence-electron chi connectivity index (χ0n) is 14.4. The maximum absolute atomic E-state index is 4.82. The number of anilines is 1. The van der Waals surface area contributed by atoms with Crippen LogP contribution >= 0.6 is 0 Å². The van der Waals surface area contributed by atoms with Crippen molar-refractivity contribution in [3.8, 4) is 5.82 Å².